The van der Waals surface area contributed by atoms with Gasteiger partial charge in [0.25, 0.3) is 0 Å². The van der Waals surface area contributed by atoms with Gasteiger partial charge in [0.2, 0.25) is 0 Å². The van der Waals surface area contributed by atoms with Crippen LogP contribution < -0.4 is 0 Å². The largest absolute Gasteiger partial charge is 0.465 e. The maximum atomic E-state index is 11.8. The second kappa shape index (κ2) is 5.78. The first-order chi connectivity index (χ1) is 8.65. The van der Waals surface area contributed by atoms with E-state index in [-0.39, 0.29) is 5.97 Å². The molecule has 0 aliphatic carbocycles. The molecule has 0 saturated carbocycles. The Balaban J connectivity index is 2.51. The molecule has 0 bridgehead atoms. The van der Waals surface area contributed by atoms with Crippen molar-refractivity contribution >= 4 is 40.7 Å². The van der Waals surface area contributed by atoms with Crippen LogP contribution in [0, 0.1) is 0 Å². The Hall–Kier alpha value is -0.970. The molecular formula is C13H11ClO2S2. The number of esters is 1. The van der Waals surface area contributed by atoms with E-state index >= 15 is 0 Å². The minimum absolute atomic E-state index is 0.301. The first kappa shape index (κ1) is 13.5. The quantitative estimate of drug-likeness (QED) is 0.613. The van der Waals surface area contributed by atoms with E-state index < -0.39 is 0 Å². The Morgan fingerprint density at radius 3 is 2.56 bits per heavy atom. The lowest BCUT2D eigenvalue weighted by Gasteiger charge is -2.02. The molecule has 5 heteroatoms. The van der Waals surface area contributed by atoms with Crippen LogP contribution >= 0.6 is 34.7 Å². The molecule has 1 aromatic heterocycles. The van der Waals surface area contributed by atoms with Crippen molar-refractivity contribution in [1.29, 1.82) is 0 Å². The molecule has 0 aliphatic rings. The average Bonchev–Trinajstić information content (AvgIpc) is 2.83. The number of halogens is 1. The van der Waals surface area contributed by atoms with Crippen LogP contribution in [-0.4, -0.2) is 19.3 Å². The summed E-state index contributed by atoms with van der Waals surface area (Å²) in [5, 5.41) is 0.679. The standard InChI is InChI=1S/C13H11ClO2S2/c1-16-13(15)12-10(7-11(17-2)18-12)8-3-5-9(14)6-4-8/h3-7H,1-2H3. The monoisotopic (exact) mass is 298 g/mol. The second-order valence-corrected chi connectivity index (χ2v) is 6.11. The fraction of sp³-hybridized carbons (Fsp3) is 0.154. The van der Waals surface area contributed by atoms with E-state index in [1.165, 1.54) is 18.4 Å². The van der Waals surface area contributed by atoms with Gasteiger partial charge in [0, 0.05) is 10.6 Å². The number of thiophene rings is 1. The Labute approximate surface area is 119 Å². The van der Waals surface area contributed by atoms with E-state index in [1.807, 2.05) is 36.6 Å². The van der Waals surface area contributed by atoms with E-state index in [4.69, 9.17) is 16.3 Å². The molecule has 0 atom stereocenters. The number of carbonyl (C=O) groups excluding carboxylic acids is 1. The summed E-state index contributed by atoms with van der Waals surface area (Å²) in [5.41, 5.74) is 1.87. The Morgan fingerprint density at radius 2 is 2.00 bits per heavy atom. The maximum absolute atomic E-state index is 11.8. The van der Waals surface area contributed by atoms with E-state index in [0.29, 0.717) is 9.90 Å². The lowest BCUT2D eigenvalue weighted by atomic mass is 10.1. The van der Waals surface area contributed by atoms with Crippen LogP contribution in [0.15, 0.2) is 34.5 Å². The highest BCUT2D eigenvalue weighted by molar-refractivity contribution is 8.00. The number of thioether (sulfide) groups is 1. The third kappa shape index (κ3) is 2.71. The molecule has 18 heavy (non-hydrogen) atoms. The smallest absolute Gasteiger partial charge is 0.348 e. The third-order valence-corrected chi connectivity index (χ3v) is 4.87. The van der Waals surface area contributed by atoms with Crippen molar-refractivity contribution in [2.24, 2.45) is 0 Å². The number of methoxy groups -OCH3 is 1. The molecule has 94 valence electrons. The Bertz CT molecular complexity index is 561. The molecule has 2 nitrogen and oxygen atoms in total. The molecule has 1 heterocycles. The Kier molecular flexibility index (Phi) is 4.32. The number of carbonyl (C=O) groups is 1. The summed E-state index contributed by atoms with van der Waals surface area (Å²) < 4.78 is 5.90. The molecule has 2 rings (SSSR count). The summed E-state index contributed by atoms with van der Waals surface area (Å²) in [4.78, 5) is 12.4. The summed E-state index contributed by atoms with van der Waals surface area (Å²) >= 11 is 8.93. The summed E-state index contributed by atoms with van der Waals surface area (Å²) in [6.45, 7) is 0. The topological polar surface area (TPSA) is 26.3 Å². The second-order valence-electron chi connectivity index (χ2n) is 3.51. The highest BCUT2D eigenvalue weighted by Crippen LogP contribution is 2.36. The highest BCUT2D eigenvalue weighted by atomic mass is 35.5. The lowest BCUT2D eigenvalue weighted by molar-refractivity contribution is 0.0607. The number of hydrogen-bond acceptors (Lipinski definition) is 4. The zero-order chi connectivity index (χ0) is 13.1. The first-order valence-electron chi connectivity index (χ1n) is 5.17. The predicted molar refractivity (Wildman–Crippen MR) is 77.9 cm³/mol. The van der Waals surface area contributed by atoms with Crippen molar-refractivity contribution in [3.63, 3.8) is 0 Å². The van der Waals surface area contributed by atoms with Crippen LogP contribution in [0.2, 0.25) is 5.02 Å². The molecule has 0 saturated heterocycles. The van der Waals surface area contributed by atoms with Gasteiger partial charge in [-0.3, -0.25) is 0 Å². The average molecular weight is 299 g/mol. The predicted octanol–water partition coefficient (Wildman–Crippen LogP) is 4.58. The molecule has 0 spiro atoms. The van der Waals surface area contributed by atoms with Crippen molar-refractivity contribution in [3.05, 3.63) is 40.2 Å². The molecule has 0 fully saturated rings. The zero-order valence-corrected chi connectivity index (χ0v) is 12.3. The molecule has 0 aliphatic heterocycles. The summed E-state index contributed by atoms with van der Waals surface area (Å²) in [6.07, 6.45) is 1.98. The van der Waals surface area contributed by atoms with Gasteiger partial charge in [0.05, 0.1) is 11.3 Å². The minimum atomic E-state index is -0.301. The van der Waals surface area contributed by atoms with Crippen LogP contribution in [0.1, 0.15) is 9.67 Å². The molecule has 1 aromatic carbocycles. The van der Waals surface area contributed by atoms with Crippen molar-refractivity contribution in [2.45, 2.75) is 4.21 Å². The number of ether oxygens (including phenoxy) is 1. The molecule has 0 N–H and O–H groups in total. The minimum Gasteiger partial charge on any atom is -0.465 e. The van der Waals surface area contributed by atoms with Gasteiger partial charge >= 0.3 is 5.97 Å². The van der Waals surface area contributed by atoms with Crippen molar-refractivity contribution in [1.82, 2.24) is 0 Å². The number of benzene rings is 1. The number of hydrogen-bond donors (Lipinski definition) is 0. The van der Waals surface area contributed by atoms with Gasteiger partial charge in [-0.15, -0.1) is 23.1 Å². The van der Waals surface area contributed by atoms with E-state index in [0.717, 1.165) is 15.3 Å². The fourth-order valence-corrected chi connectivity index (χ4v) is 3.33. The van der Waals surface area contributed by atoms with Gasteiger partial charge in [-0.2, -0.15) is 0 Å². The third-order valence-electron chi connectivity index (χ3n) is 2.44. The van der Waals surface area contributed by atoms with Crippen LogP contribution in [-0.2, 0) is 4.74 Å². The summed E-state index contributed by atoms with van der Waals surface area (Å²) in [6, 6.07) is 9.44. The van der Waals surface area contributed by atoms with E-state index in [1.54, 1.807) is 11.8 Å². The van der Waals surface area contributed by atoms with Gasteiger partial charge in [0.15, 0.2) is 0 Å². The van der Waals surface area contributed by atoms with Gasteiger partial charge in [0.1, 0.15) is 4.88 Å². The molecule has 0 unspecified atom stereocenters. The SMILES string of the molecule is COC(=O)c1sc(SC)cc1-c1ccc(Cl)cc1. The lowest BCUT2D eigenvalue weighted by Crippen LogP contribution is -1.99. The van der Waals surface area contributed by atoms with Crippen molar-refractivity contribution in [3.8, 4) is 11.1 Å². The molecule has 0 amide bonds. The van der Waals surface area contributed by atoms with Crippen molar-refractivity contribution in [2.75, 3.05) is 13.4 Å². The summed E-state index contributed by atoms with van der Waals surface area (Å²) in [7, 11) is 1.40. The van der Waals surface area contributed by atoms with E-state index in [2.05, 4.69) is 0 Å². The van der Waals surface area contributed by atoms with Gasteiger partial charge in [-0.25, -0.2) is 4.79 Å². The highest BCUT2D eigenvalue weighted by Gasteiger charge is 2.17. The van der Waals surface area contributed by atoms with Crippen LogP contribution in [0.4, 0.5) is 0 Å². The van der Waals surface area contributed by atoms with Crippen LogP contribution in [0.5, 0.6) is 0 Å². The van der Waals surface area contributed by atoms with Gasteiger partial charge < -0.3 is 4.74 Å². The molecular weight excluding hydrogens is 288 g/mol. The maximum Gasteiger partial charge on any atom is 0.348 e. The van der Waals surface area contributed by atoms with Crippen molar-refractivity contribution < 1.29 is 9.53 Å². The fourth-order valence-electron chi connectivity index (χ4n) is 1.56. The van der Waals surface area contributed by atoms with Crippen LogP contribution in [0.3, 0.4) is 0 Å². The zero-order valence-electron chi connectivity index (χ0n) is 9.90. The number of rotatable bonds is 3. The van der Waals surface area contributed by atoms with Gasteiger partial charge in [-0.1, -0.05) is 23.7 Å². The van der Waals surface area contributed by atoms with Crippen LogP contribution in [0.25, 0.3) is 11.1 Å². The first-order valence-corrected chi connectivity index (χ1v) is 7.59. The normalized spacial score (nSPS) is 10.4. The molecule has 2 aromatic rings. The van der Waals surface area contributed by atoms with E-state index in [9.17, 15) is 4.79 Å². The Morgan fingerprint density at radius 1 is 1.33 bits per heavy atom. The van der Waals surface area contributed by atoms with Gasteiger partial charge in [-0.05, 0) is 30.0 Å². The molecule has 0 radical (unpaired) electrons. The summed E-state index contributed by atoms with van der Waals surface area (Å²) in [5.74, 6) is -0.301.